The van der Waals surface area contributed by atoms with Crippen molar-refractivity contribution in [3.05, 3.63) is 119 Å². The van der Waals surface area contributed by atoms with Crippen LogP contribution in [0, 0.1) is 0 Å². The summed E-state index contributed by atoms with van der Waals surface area (Å²) in [4.78, 5) is 27.2. The molecule has 0 aliphatic carbocycles. The van der Waals surface area contributed by atoms with E-state index < -0.39 is 35.3 Å². The topological polar surface area (TPSA) is 42.3 Å². The second-order valence-corrected chi connectivity index (χ2v) is 9.17. The molecular weight excluding hydrogens is 534 g/mol. The van der Waals surface area contributed by atoms with E-state index in [9.17, 15) is 35.9 Å². The Kier molecular flexibility index (Phi) is 5.62. The van der Waals surface area contributed by atoms with Gasteiger partial charge >= 0.3 is 12.4 Å². The Morgan fingerprint density at radius 1 is 0.475 bits per heavy atom. The van der Waals surface area contributed by atoms with Crippen LogP contribution in [-0.2, 0) is 12.4 Å². The lowest BCUT2D eigenvalue weighted by atomic mass is 10.0. The van der Waals surface area contributed by atoms with Crippen molar-refractivity contribution in [1.82, 2.24) is 4.68 Å². The molecule has 0 atom stereocenters. The number of benzene rings is 4. The molecule has 1 aliphatic heterocycles. The summed E-state index contributed by atoms with van der Waals surface area (Å²) in [5, 5.41) is 1.84. The molecule has 4 nitrogen and oxygen atoms in total. The van der Waals surface area contributed by atoms with Crippen molar-refractivity contribution >= 4 is 22.6 Å². The first-order valence-corrected chi connectivity index (χ1v) is 11.9. The number of hydrogen-bond donors (Lipinski definition) is 0. The molecule has 0 radical (unpaired) electrons. The molecule has 200 valence electrons. The minimum atomic E-state index is -4.59. The average Bonchev–Trinajstić information content (AvgIpc) is 3.39. The Morgan fingerprint density at radius 3 is 1.18 bits per heavy atom. The molecule has 0 N–H and O–H groups in total. The van der Waals surface area contributed by atoms with Crippen molar-refractivity contribution in [2.45, 2.75) is 12.4 Å². The Hall–Kier alpha value is -4.86. The highest BCUT2D eigenvalue weighted by Gasteiger charge is 2.40. The van der Waals surface area contributed by atoms with Gasteiger partial charge in [0.15, 0.2) is 0 Å². The fourth-order valence-corrected chi connectivity index (χ4v) is 4.98. The smallest absolute Gasteiger partial charge is 0.267 e. The Labute approximate surface area is 222 Å². The molecule has 0 saturated carbocycles. The van der Waals surface area contributed by atoms with Crippen LogP contribution in [0.3, 0.4) is 0 Å². The van der Waals surface area contributed by atoms with Crippen molar-refractivity contribution in [3.63, 3.8) is 0 Å². The van der Waals surface area contributed by atoms with Crippen LogP contribution in [0.1, 0.15) is 31.8 Å². The summed E-state index contributed by atoms with van der Waals surface area (Å²) in [6.07, 6.45) is -9.17. The number of amides is 2. The molecule has 0 unspecified atom stereocenters. The summed E-state index contributed by atoms with van der Waals surface area (Å²) in [7, 11) is 0. The van der Waals surface area contributed by atoms with Crippen LogP contribution in [0.4, 0.5) is 26.3 Å². The quantitative estimate of drug-likeness (QED) is 0.169. The molecule has 2 amide bonds. The summed E-state index contributed by atoms with van der Waals surface area (Å²) < 4.78 is 81.2. The largest absolute Gasteiger partial charge is 0.416 e. The standard InChI is InChI=1S/C30H16F6N2O2/c31-29(32,33)19-13-9-17(10-14-19)25-21-5-1-2-6-22(21)26(18-11-15-20(16-12-18)30(34,35)36)37(25)38-27(39)23-7-3-4-8-24(23)28(38)40/h1-16H. The summed E-state index contributed by atoms with van der Waals surface area (Å²) in [6, 6.07) is 21.3. The van der Waals surface area contributed by atoms with Crippen molar-refractivity contribution in [2.75, 3.05) is 5.01 Å². The number of hydrogen-bond acceptors (Lipinski definition) is 2. The van der Waals surface area contributed by atoms with Crippen LogP contribution >= 0.6 is 0 Å². The summed E-state index contributed by atoms with van der Waals surface area (Å²) in [6.45, 7) is 0. The molecule has 6 rings (SSSR count). The first kappa shape index (κ1) is 25.4. The molecule has 40 heavy (non-hydrogen) atoms. The average molecular weight is 550 g/mol. The lowest BCUT2D eigenvalue weighted by Crippen LogP contribution is -2.40. The summed E-state index contributed by atoms with van der Waals surface area (Å²) in [5.41, 5.74) is -0.533. The third-order valence-corrected chi connectivity index (χ3v) is 6.80. The van der Waals surface area contributed by atoms with Gasteiger partial charge in [-0.05, 0) is 36.4 Å². The van der Waals surface area contributed by atoms with Crippen LogP contribution in [0.25, 0.3) is 33.3 Å². The molecule has 0 bridgehead atoms. The monoisotopic (exact) mass is 550 g/mol. The zero-order valence-electron chi connectivity index (χ0n) is 20.2. The maximum atomic E-state index is 13.6. The number of fused-ring (bicyclic) bond motifs is 2. The minimum absolute atomic E-state index is 0.127. The molecule has 5 aromatic rings. The van der Waals surface area contributed by atoms with E-state index >= 15 is 0 Å². The highest BCUT2D eigenvalue weighted by atomic mass is 19.4. The van der Waals surface area contributed by atoms with Gasteiger partial charge in [-0.25, -0.2) is 4.68 Å². The van der Waals surface area contributed by atoms with Gasteiger partial charge in [-0.3, -0.25) is 9.59 Å². The van der Waals surface area contributed by atoms with Gasteiger partial charge in [0.2, 0.25) is 0 Å². The molecule has 1 aromatic heterocycles. The van der Waals surface area contributed by atoms with Gasteiger partial charge in [0, 0.05) is 21.9 Å². The Balaban J connectivity index is 1.67. The van der Waals surface area contributed by atoms with Crippen molar-refractivity contribution in [2.24, 2.45) is 0 Å². The molecule has 0 fully saturated rings. The zero-order valence-corrected chi connectivity index (χ0v) is 20.2. The summed E-state index contributed by atoms with van der Waals surface area (Å²) in [5.74, 6) is -1.36. The first-order valence-electron chi connectivity index (χ1n) is 11.9. The molecule has 4 aromatic carbocycles. The number of carbonyl (C=O) groups is 2. The number of aromatic nitrogens is 1. The third kappa shape index (κ3) is 3.95. The van der Waals surface area contributed by atoms with Crippen LogP contribution in [-0.4, -0.2) is 16.5 Å². The van der Waals surface area contributed by atoms with E-state index in [0.29, 0.717) is 10.8 Å². The van der Waals surface area contributed by atoms with Gasteiger partial charge in [-0.15, -0.1) is 0 Å². The van der Waals surface area contributed by atoms with Gasteiger partial charge < -0.3 is 0 Å². The number of carbonyl (C=O) groups excluding carboxylic acids is 2. The molecule has 0 saturated heterocycles. The third-order valence-electron chi connectivity index (χ3n) is 6.80. The fourth-order valence-electron chi connectivity index (χ4n) is 4.98. The van der Waals surface area contributed by atoms with Crippen LogP contribution in [0.2, 0.25) is 0 Å². The Morgan fingerprint density at radius 2 is 0.825 bits per heavy atom. The van der Waals surface area contributed by atoms with Gasteiger partial charge in [0.1, 0.15) is 0 Å². The first-order chi connectivity index (χ1) is 19.0. The highest BCUT2D eigenvalue weighted by Crippen LogP contribution is 2.42. The molecule has 10 heteroatoms. The fraction of sp³-hybridized carbons (Fsp3) is 0.0667. The lowest BCUT2D eigenvalue weighted by molar-refractivity contribution is -0.138. The number of alkyl halides is 6. The number of halogens is 6. The van der Waals surface area contributed by atoms with E-state index in [0.717, 1.165) is 29.3 Å². The van der Waals surface area contributed by atoms with Gasteiger partial charge in [-0.1, -0.05) is 60.7 Å². The summed E-state index contributed by atoms with van der Waals surface area (Å²) >= 11 is 0. The predicted octanol–water partition coefficient (Wildman–Crippen LogP) is 7.95. The van der Waals surface area contributed by atoms with E-state index in [4.69, 9.17) is 0 Å². The Bertz CT molecular complexity index is 1670. The maximum Gasteiger partial charge on any atom is 0.416 e. The predicted molar refractivity (Wildman–Crippen MR) is 136 cm³/mol. The van der Waals surface area contributed by atoms with E-state index in [1.807, 2.05) is 0 Å². The minimum Gasteiger partial charge on any atom is -0.267 e. The normalized spacial score (nSPS) is 13.8. The number of rotatable bonds is 3. The SMILES string of the molecule is O=C1c2ccccc2C(=O)N1n1c(-c2ccc(C(F)(F)F)cc2)c2ccccc2c1-c1ccc(C(F)(F)F)cc1. The van der Waals surface area contributed by atoms with Crippen molar-refractivity contribution in [1.29, 1.82) is 0 Å². The van der Waals surface area contributed by atoms with Crippen LogP contribution < -0.4 is 5.01 Å². The number of nitrogens with zero attached hydrogens (tertiary/aromatic N) is 2. The molecule has 1 aliphatic rings. The van der Waals surface area contributed by atoms with Gasteiger partial charge in [-0.2, -0.15) is 31.4 Å². The molecular formula is C30H16F6N2O2. The van der Waals surface area contributed by atoms with E-state index in [2.05, 4.69) is 0 Å². The second kappa shape index (κ2) is 8.84. The van der Waals surface area contributed by atoms with Gasteiger partial charge in [0.05, 0.1) is 33.6 Å². The lowest BCUT2D eigenvalue weighted by Gasteiger charge is -2.23. The van der Waals surface area contributed by atoms with Crippen molar-refractivity contribution < 1.29 is 35.9 Å². The van der Waals surface area contributed by atoms with E-state index in [1.165, 1.54) is 41.1 Å². The highest BCUT2D eigenvalue weighted by molar-refractivity contribution is 6.31. The number of imide groups is 1. The van der Waals surface area contributed by atoms with Gasteiger partial charge in [0.25, 0.3) is 11.8 Å². The van der Waals surface area contributed by atoms with Crippen LogP contribution in [0.5, 0.6) is 0 Å². The molecule has 0 spiro atoms. The zero-order chi connectivity index (χ0) is 28.4. The van der Waals surface area contributed by atoms with Crippen molar-refractivity contribution in [3.8, 4) is 22.5 Å². The second-order valence-electron chi connectivity index (χ2n) is 9.17. The van der Waals surface area contributed by atoms with E-state index in [1.54, 1.807) is 36.4 Å². The van der Waals surface area contributed by atoms with E-state index in [-0.39, 0.29) is 33.6 Å². The van der Waals surface area contributed by atoms with Crippen LogP contribution in [0.15, 0.2) is 97.1 Å². The molecule has 2 heterocycles. The maximum absolute atomic E-state index is 13.6.